The van der Waals surface area contributed by atoms with E-state index in [9.17, 15) is 0 Å². The summed E-state index contributed by atoms with van der Waals surface area (Å²) in [5, 5.41) is 3.85. The van der Waals surface area contributed by atoms with Gasteiger partial charge in [0.2, 0.25) is 6.79 Å². The molecule has 1 unspecified atom stereocenters. The molecule has 0 saturated carbocycles. The van der Waals surface area contributed by atoms with Crippen molar-refractivity contribution in [3.05, 3.63) is 77.9 Å². The van der Waals surface area contributed by atoms with E-state index in [1.165, 1.54) is 36.1 Å². The number of anilines is 2. The highest BCUT2D eigenvalue weighted by atomic mass is 16.7. The van der Waals surface area contributed by atoms with Crippen molar-refractivity contribution in [2.24, 2.45) is 0 Å². The molecule has 3 aromatic carbocycles. The van der Waals surface area contributed by atoms with Gasteiger partial charge in [0.25, 0.3) is 0 Å². The van der Waals surface area contributed by atoms with E-state index in [0.717, 1.165) is 42.3 Å². The molecule has 0 aromatic heterocycles. The topological polar surface area (TPSA) is 43.0 Å². The van der Waals surface area contributed by atoms with Crippen LogP contribution in [0.4, 0.5) is 11.4 Å². The molecule has 170 valence electrons. The molecule has 6 rings (SSSR count). The van der Waals surface area contributed by atoms with Crippen LogP contribution in [0.1, 0.15) is 36.8 Å². The maximum absolute atomic E-state index is 6.26. The Morgan fingerprint density at radius 3 is 2.61 bits per heavy atom. The minimum absolute atomic E-state index is 0.305. The molecule has 1 saturated heterocycles. The van der Waals surface area contributed by atoms with E-state index in [1.54, 1.807) is 0 Å². The Balaban J connectivity index is 1.38. The second-order valence-electron chi connectivity index (χ2n) is 9.11. The number of rotatable bonds is 5. The molecule has 3 aromatic rings. The van der Waals surface area contributed by atoms with E-state index in [0.29, 0.717) is 25.5 Å². The van der Waals surface area contributed by atoms with Crippen LogP contribution in [0, 0.1) is 0 Å². The lowest BCUT2D eigenvalue weighted by molar-refractivity contribution is 0.174. The molecule has 0 spiro atoms. The van der Waals surface area contributed by atoms with Gasteiger partial charge < -0.3 is 24.4 Å². The smallest absolute Gasteiger partial charge is 0.231 e. The summed E-state index contributed by atoms with van der Waals surface area (Å²) in [7, 11) is 0. The number of nitrogens with one attached hydrogen (secondary N) is 1. The predicted octanol–water partition coefficient (Wildman–Crippen LogP) is 5.59. The summed E-state index contributed by atoms with van der Waals surface area (Å²) in [6.45, 7) is 1.99. The van der Waals surface area contributed by atoms with E-state index >= 15 is 0 Å². The Morgan fingerprint density at radius 1 is 0.848 bits per heavy atom. The fourth-order valence-electron chi connectivity index (χ4n) is 5.42. The summed E-state index contributed by atoms with van der Waals surface area (Å²) in [5.41, 5.74) is 4.93. The monoisotopic (exact) mass is 442 g/mol. The highest BCUT2D eigenvalue weighted by molar-refractivity contribution is 5.73. The van der Waals surface area contributed by atoms with E-state index in [-0.39, 0.29) is 0 Å². The molecular weight excluding hydrogens is 412 g/mol. The van der Waals surface area contributed by atoms with E-state index < -0.39 is 0 Å². The first-order valence-electron chi connectivity index (χ1n) is 12.1. The summed E-state index contributed by atoms with van der Waals surface area (Å²) in [4.78, 5) is 2.55. The fourth-order valence-corrected chi connectivity index (χ4v) is 5.42. The summed E-state index contributed by atoms with van der Waals surface area (Å²) >= 11 is 0. The maximum atomic E-state index is 6.26. The lowest BCUT2D eigenvalue weighted by Crippen LogP contribution is -2.51. The van der Waals surface area contributed by atoms with Gasteiger partial charge in [0.05, 0.1) is 5.69 Å². The zero-order chi connectivity index (χ0) is 22.0. The van der Waals surface area contributed by atoms with Crippen LogP contribution in [0.15, 0.2) is 66.7 Å². The van der Waals surface area contributed by atoms with Gasteiger partial charge in [-0.3, -0.25) is 0 Å². The maximum Gasteiger partial charge on any atom is 0.231 e. The normalized spacial score (nSPS) is 19.8. The lowest BCUT2D eigenvalue weighted by Gasteiger charge is -2.41. The standard InChI is InChI=1S/C28H30N2O3/c1-2-9-23-21(7-1)18-31-26-11-4-3-10-25(26)30(23)24(22-8-5-6-16-29-22)14-12-20-13-15-27-28(17-20)33-19-32-27/h1-4,7,9-11,13,15,17,22,24,29H,5-6,8,12,14,16,18-19H2/t22?,24-/m1/s1. The van der Waals surface area contributed by atoms with Crippen molar-refractivity contribution in [1.29, 1.82) is 0 Å². The van der Waals surface area contributed by atoms with Gasteiger partial charge in [-0.15, -0.1) is 0 Å². The number of aryl methyl sites for hydroxylation is 1. The van der Waals surface area contributed by atoms with Gasteiger partial charge >= 0.3 is 0 Å². The third-order valence-corrected chi connectivity index (χ3v) is 7.07. The second-order valence-corrected chi connectivity index (χ2v) is 9.11. The number of benzene rings is 3. The van der Waals surface area contributed by atoms with E-state index in [2.05, 4.69) is 70.9 Å². The Labute approximate surface area is 195 Å². The van der Waals surface area contributed by atoms with Crippen LogP contribution in [-0.4, -0.2) is 25.4 Å². The summed E-state index contributed by atoms with van der Waals surface area (Å²) in [6, 6.07) is 24.2. The van der Waals surface area contributed by atoms with Crippen LogP contribution < -0.4 is 24.4 Å². The molecule has 0 amide bonds. The Morgan fingerprint density at radius 2 is 1.70 bits per heavy atom. The number of ether oxygens (including phenoxy) is 3. The average molecular weight is 443 g/mol. The molecule has 3 heterocycles. The number of piperidine rings is 1. The van der Waals surface area contributed by atoms with Gasteiger partial charge in [-0.05, 0) is 68.1 Å². The minimum Gasteiger partial charge on any atom is -0.487 e. The minimum atomic E-state index is 0.305. The number of hydrogen-bond donors (Lipinski definition) is 1. The zero-order valence-electron chi connectivity index (χ0n) is 18.8. The van der Waals surface area contributed by atoms with Gasteiger partial charge in [0, 0.05) is 23.3 Å². The molecule has 3 aliphatic heterocycles. The zero-order valence-corrected chi connectivity index (χ0v) is 18.8. The summed E-state index contributed by atoms with van der Waals surface area (Å²) in [6.07, 6.45) is 5.71. The van der Waals surface area contributed by atoms with Crippen molar-refractivity contribution in [2.45, 2.75) is 50.8 Å². The van der Waals surface area contributed by atoms with Crippen molar-refractivity contribution in [3.8, 4) is 17.2 Å². The van der Waals surface area contributed by atoms with Crippen molar-refractivity contribution < 1.29 is 14.2 Å². The molecule has 0 radical (unpaired) electrons. The average Bonchev–Trinajstić information content (AvgIpc) is 3.28. The van der Waals surface area contributed by atoms with Gasteiger partial charge in [0.15, 0.2) is 11.5 Å². The lowest BCUT2D eigenvalue weighted by atomic mass is 9.90. The van der Waals surface area contributed by atoms with Crippen LogP contribution in [0.3, 0.4) is 0 Å². The molecule has 1 N–H and O–H groups in total. The molecule has 33 heavy (non-hydrogen) atoms. The van der Waals surface area contributed by atoms with Crippen LogP contribution in [0.25, 0.3) is 0 Å². The predicted molar refractivity (Wildman–Crippen MR) is 130 cm³/mol. The van der Waals surface area contributed by atoms with Crippen molar-refractivity contribution in [3.63, 3.8) is 0 Å². The van der Waals surface area contributed by atoms with Crippen molar-refractivity contribution in [2.75, 3.05) is 18.2 Å². The number of hydrogen-bond acceptors (Lipinski definition) is 5. The first-order chi connectivity index (χ1) is 16.4. The SMILES string of the molecule is c1ccc2c(c1)COc1ccccc1N2[C@H](CCc1ccc2c(c1)OCO2)C1CCCCN1. The van der Waals surface area contributed by atoms with Crippen LogP contribution >= 0.6 is 0 Å². The highest BCUT2D eigenvalue weighted by Crippen LogP contribution is 2.43. The third-order valence-electron chi connectivity index (χ3n) is 7.07. The Hall–Kier alpha value is -3.18. The highest BCUT2D eigenvalue weighted by Gasteiger charge is 2.33. The van der Waals surface area contributed by atoms with Gasteiger partial charge in [-0.2, -0.15) is 0 Å². The molecule has 5 nitrogen and oxygen atoms in total. The van der Waals surface area contributed by atoms with E-state index in [4.69, 9.17) is 14.2 Å². The van der Waals surface area contributed by atoms with Crippen LogP contribution in [0.2, 0.25) is 0 Å². The molecule has 1 fully saturated rings. The molecule has 2 atom stereocenters. The molecule has 0 aliphatic carbocycles. The van der Waals surface area contributed by atoms with Crippen LogP contribution in [-0.2, 0) is 13.0 Å². The quantitative estimate of drug-likeness (QED) is 0.558. The summed E-state index contributed by atoms with van der Waals surface area (Å²) < 4.78 is 17.4. The number of nitrogens with zero attached hydrogens (tertiary/aromatic N) is 1. The molecular formula is C28H30N2O3. The number of fused-ring (bicyclic) bond motifs is 3. The van der Waals surface area contributed by atoms with Gasteiger partial charge in [-0.1, -0.05) is 42.8 Å². The van der Waals surface area contributed by atoms with Gasteiger partial charge in [-0.25, -0.2) is 0 Å². The Bertz CT molecular complexity index is 1080. The first kappa shape index (κ1) is 20.4. The molecule has 5 heteroatoms. The van der Waals surface area contributed by atoms with E-state index in [1.807, 2.05) is 6.07 Å². The number of para-hydroxylation sites is 3. The molecule has 0 bridgehead atoms. The fraction of sp³-hybridized carbons (Fsp3) is 0.357. The first-order valence-corrected chi connectivity index (χ1v) is 12.1. The molecule has 3 aliphatic rings. The van der Waals surface area contributed by atoms with Crippen LogP contribution in [0.5, 0.6) is 17.2 Å². The third kappa shape index (κ3) is 4.02. The summed E-state index contributed by atoms with van der Waals surface area (Å²) in [5.74, 6) is 2.66. The largest absolute Gasteiger partial charge is 0.487 e. The van der Waals surface area contributed by atoms with Gasteiger partial charge in [0.1, 0.15) is 12.4 Å². The van der Waals surface area contributed by atoms with Crippen molar-refractivity contribution >= 4 is 11.4 Å². The van der Waals surface area contributed by atoms with Crippen molar-refractivity contribution in [1.82, 2.24) is 5.32 Å². The Kier molecular flexibility index (Phi) is 5.56. The second kappa shape index (κ2) is 8.99.